The zero-order valence-corrected chi connectivity index (χ0v) is 14.7. The van der Waals surface area contributed by atoms with Crippen molar-refractivity contribution in [2.75, 3.05) is 32.7 Å². The van der Waals surface area contributed by atoms with Gasteiger partial charge in [-0.25, -0.2) is 0 Å². The van der Waals surface area contributed by atoms with Gasteiger partial charge < -0.3 is 10.0 Å². The van der Waals surface area contributed by atoms with Gasteiger partial charge in [0.2, 0.25) is 0 Å². The maximum Gasteiger partial charge on any atom is 0.417 e. The monoisotopic (exact) mass is 378 g/mol. The Morgan fingerprint density at radius 1 is 0.963 bits per heavy atom. The van der Waals surface area contributed by atoms with Crippen LogP contribution in [0.25, 0.3) is 0 Å². The lowest BCUT2D eigenvalue weighted by Crippen LogP contribution is -2.49. The molecule has 144 valence electrons. The van der Waals surface area contributed by atoms with Crippen LogP contribution in [0.4, 0.5) is 13.2 Å². The Morgan fingerprint density at radius 3 is 2.19 bits per heavy atom. The molecular formula is C20H21F3N2O2. The van der Waals surface area contributed by atoms with Gasteiger partial charge in [0.05, 0.1) is 17.2 Å². The van der Waals surface area contributed by atoms with Crippen LogP contribution in [-0.4, -0.2) is 53.5 Å². The normalized spacial score (nSPS) is 17.0. The molecule has 2 aromatic rings. The van der Waals surface area contributed by atoms with Gasteiger partial charge in [-0.05, 0) is 17.7 Å². The largest absolute Gasteiger partial charge is 0.417 e. The number of piperazine rings is 1. The van der Waals surface area contributed by atoms with Crippen LogP contribution in [-0.2, 0) is 6.18 Å². The maximum atomic E-state index is 13.1. The average Bonchev–Trinajstić information content (AvgIpc) is 2.68. The summed E-state index contributed by atoms with van der Waals surface area (Å²) < 4.78 is 39.4. The van der Waals surface area contributed by atoms with E-state index in [1.807, 2.05) is 35.2 Å². The number of carbonyl (C=O) groups excluding carboxylic acids is 1. The van der Waals surface area contributed by atoms with E-state index in [2.05, 4.69) is 0 Å². The summed E-state index contributed by atoms with van der Waals surface area (Å²) in [5.41, 5.74) is -0.408. The summed E-state index contributed by atoms with van der Waals surface area (Å²) in [6, 6.07) is 14.1. The topological polar surface area (TPSA) is 43.8 Å². The van der Waals surface area contributed by atoms with E-state index < -0.39 is 23.8 Å². The lowest BCUT2D eigenvalue weighted by Gasteiger charge is -2.36. The van der Waals surface area contributed by atoms with Crippen LogP contribution in [0.2, 0.25) is 0 Å². The van der Waals surface area contributed by atoms with Crippen molar-refractivity contribution in [1.82, 2.24) is 9.80 Å². The molecule has 0 saturated carbocycles. The fourth-order valence-electron chi connectivity index (χ4n) is 3.25. The maximum absolute atomic E-state index is 13.1. The Kier molecular flexibility index (Phi) is 5.82. The van der Waals surface area contributed by atoms with Crippen molar-refractivity contribution in [2.24, 2.45) is 0 Å². The van der Waals surface area contributed by atoms with E-state index in [1.54, 1.807) is 0 Å². The number of aliphatic hydroxyl groups is 1. The van der Waals surface area contributed by atoms with Gasteiger partial charge in [-0.1, -0.05) is 42.5 Å². The molecule has 1 unspecified atom stereocenters. The Labute approximate surface area is 155 Å². The number of alkyl halides is 3. The molecule has 0 radical (unpaired) electrons. The first-order valence-corrected chi connectivity index (χ1v) is 8.77. The molecule has 1 aliphatic rings. The van der Waals surface area contributed by atoms with Crippen LogP contribution < -0.4 is 0 Å². The highest BCUT2D eigenvalue weighted by Gasteiger charge is 2.36. The number of hydrogen-bond donors (Lipinski definition) is 1. The Bertz CT molecular complexity index is 772. The second kappa shape index (κ2) is 8.10. The van der Waals surface area contributed by atoms with E-state index >= 15 is 0 Å². The number of benzene rings is 2. The second-order valence-electron chi connectivity index (χ2n) is 6.56. The van der Waals surface area contributed by atoms with Crippen molar-refractivity contribution in [2.45, 2.75) is 12.3 Å². The minimum absolute atomic E-state index is 0.317. The molecule has 3 rings (SSSR count). The van der Waals surface area contributed by atoms with Gasteiger partial charge in [-0.3, -0.25) is 9.69 Å². The lowest BCUT2D eigenvalue weighted by atomic mass is 10.1. The van der Waals surface area contributed by atoms with Crippen molar-refractivity contribution in [3.05, 3.63) is 71.3 Å². The molecule has 4 nitrogen and oxygen atoms in total. The molecule has 1 N–H and O–H groups in total. The van der Waals surface area contributed by atoms with Crippen molar-refractivity contribution < 1.29 is 23.1 Å². The van der Waals surface area contributed by atoms with Gasteiger partial charge in [0.1, 0.15) is 0 Å². The number of rotatable bonds is 4. The van der Waals surface area contributed by atoms with Gasteiger partial charge in [-0.15, -0.1) is 0 Å². The third-order valence-corrected chi connectivity index (χ3v) is 4.74. The number of aliphatic hydroxyl groups excluding tert-OH is 1. The van der Waals surface area contributed by atoms with E-state index in [0.29, 0.717) is 32.7 Å². The number of amides is 1. The number of β-amino-alcohol motifs (C(OH)–C–C–N with tert-alkyl or cyclic N) is 1. The zero-order valence-electron chi connectivity index (χ0n) is 14.7. The first-order valence-electron chi connectivity index (χ1n) is 8.77. The van der Waals surface area contributed by atoms with Crippen LogP contribution >= 0.6 is 0 Å². The van der Waals surface area contributed by atoms with Gasteiger partial charge in [0.25, 0.3) is 5.91 Å². The highest BCUT2D eigenvalue weighted by Crippen LogP contribution is 2.32. The molecule has 1 saturated heterocycles. The number of nitrogens with zero attached hydrogens (tertiary/aromatic N) is 2. The van der Waals surface area contributed by atoms with Crippen LogP contribution in [0.1, 0.15) is 27.6 Å². The SMILES string of the molecule is O=C(c1ccccc1C(F)(F)F)N1CCN(CC(O)c2ccccc2)CC1. The minimum atomic E-state index is -4.56. The summed E-state index contributed by atoms with van der Waals surface area (Å²) in [5.74, 6) is -0.605. The Hall–Kier alpha value is -2.38. The van der Waals surface area contributed by atoms with E-state index in [-0.39, 0.29) is 5.56 Å². The summed E-state index contributed by atoms with van der Waals surface area (Å²) in [5, 5.41) is 10.3. The van der Waals surface area contributed by atoms with Crippen LogP contribution in [0, 0.1) is 0 Å². The molecular weight excluding hydrogens is 357 g/mol. The third-order valence-electron chi connectivity index (χ3n) is 4.74. The van der Waals surface area contributed by atoms with E-state index in [1.165, 1.54) is 23.1 Å². The Morgan fingerprint density at radius 2 is 1.56 bits per heavy atom. The van der Waals surface area contributed by atoms with Crippen molar-refractivity contribution >= 4 is 5.91 Å². The summed E-state index contributed by atoms with van der Waals surface area (Å²) in [4.78, 5) is 16.0. The number of hydrogen-bond acceptors (Lipinski definition) is 3. The standard InChI is InChI=1S/C20H21F3N2O2/c21-20(22,23)17-9-5-4-8-16(17)19(27)25-12-10-24(11-13-25)14-18(26)15-6-2-1-3-7-15/h1-9,18,26H,10-14H2. The lowest BCUT2D eigenvalue weighted by molar-refractivity contribution is -0.138. The van der Waals surface area contributed by atoms with Gasteiger partial charge in [0, 0.05) is 32.7 Å². The summed E-state index contributed by atoms with van der Waals surface area (Å²) in [6.07, 6.45) is -5.20. The molecule has 1 fully saturated rings. The third kappa shape index (κ3) is 4.67. The first kappa shape index (κ1) is 19.4. The van der Waals surface area contributed by atoms with E-state index in [4.69, 9.17) is 0 Å². The number of halogens is 3. The summed E-state index contributed by atoms with van der Waals surface area (Å²) >= 11 is 0. The molecule has 1 heterocycles. The van der Waals surface area contributed by atoms with Crippen LogP contribution in [0.3, 0.4) is 0 Å². The molecule has 1 aliphatic heterocycles. The van der Waals surface area contributed by atoms with Crippen LogP contribution in [0.5, 0.6) is 0 Å². The molecule has 27 heavy (non-hydrogen) atoms. The van der Waals surface area contributed by atoms with Crippen LogP contribution in [0.15, 0.2) is 54.6 Å². The predicted molar refractivity (Wildman–Crippen MR) is 95.2 cm³/mol. The highest BCUT2D eigenvalue weighted by molar-refractivity contribution is 5.96. The van der Waals surface area contributed by atoms with Gasteiger partial charge in [0.15, 0.2) is 0 Å². The molecule has 0 bridgehead atoms. The highest BCUT2D eigenvalue weighted by atomic mass is 19.4. The quantitative estimate of drug-likeness (QED) is 0.889. The molecule has 0 aromatic heterocycles. The van der Waals surface area contributed by atoms with E-state index in [9.17, 15) is 23.1 Å². The molecule has 0 spiro atoms. The van der Waals surface area contributed by atoms with E-state index in [0.717, 1.165) is 11.6 Å². The fraction of sp³-hybridized carbons (Fsp3) is 0.350. The van der Waals surface area contributed by atoms with Crippen molar-refractivity contribution in [1.29, 1.82) is 0 Å². The fourth-order valence-corrected chi connectivity index (χ4v) is 3.25. The predicted octanol–water partition coefficient (Wildman–Crippen LogP) is 3.20. The smallest absolute Gasteiger partial charge is 0.387 e. The minimum Gasteiger partial charge on any atom is -0.387 e. The molecule has 2 aromatic carbocycles. The van der Waals surface area contributed by atoms with Gasteiger partial charge >= 0.3 is 6.18 Å². The molecule has 0 aliphatic carbocycles. The molecule has 1 amide bonds. The van der Waals surface area contributed by atoms with Crippen molar-refractivity contribution in [3.8, 4) is 0 Å². The zero-order chi connectivity index (χ0) is 19.4. The van der Waals surface area contributed by atoms with Crippen molar-refractivity contribution in [3.63, 3.8) is 0 Å². The second-order valence-corrected chi connectivity index (χ2v) is 6.56. The van der Waals surface area contributed by atoms with Gasteiger partial charge in [-0.2, -0.15) is 13.2 Å². The summed E-state index contributed by atoms with van der Waals surface area (Å²) in [6.45, 7) is 2.08. The number of carbonyl (C=O) groups is 1. The average molecular weight is 378 g/mol. The first-order chi connectivity index (χ1) is 12.9. The Balaban J connectivity index is 1.60. The molecule has 7 heteroatoms. The molecule has 1 atom stereocenters. The summed E-state index contributed by atoms with van der Waals surface area (Å²) in [7, 11) is 0.